The first-order chi connectivity index (χ1) is 33.5. The number of amides is 1. The topological polar surface area (TPSA) is 95.9 Å². The molecular formula is C62H119NO5. The summed E-state index contributed by atoms with van der Waals surface area (Å²) in [5, 5.41) is 23.4. The minimum atomic E-state index is -0.679. The Morgan fingerprint density at radius 1 is 0.412 bits per heavy atom. The van der Waals surface area contributed by atoms with Crippen molar-refractivity contribution in [2.45, 2.75) is 347 Å². The van der Waals surface area contributed by atoms with E-state index in [4.69, 9.17) is 4.74 Å². The van der Waals surface area contributed by atoms with Gasteiger partial charge in [0, 0.05) is 12.8 Å². The third-order valence-corrected chi connectivity index (χ3v) is 14.3. The lowest BCUT2D eigenvalue weighted by atomic mass is 10.0. The van der Waals surface area contributed by atoms with Gasteiger partial charge in [0.25, 0.3) is 0 Å². The first kappa shape index (κ1) is 66.3. The van der Waals surface area contributed by atoms with Gasteiger partial charge in [0.2, 0.25) is 5.91 Å². The second kappa shape index (κ2) is 57.9. The predicted molar refractivity (Wildman–Crippen MR) is 296 cm³/mol. The molecule has 2 unspecified atom stereocenters. The Labute approximate surface area is 424 Å². The Balaban J connectivity index is 3.50. The molecule has 0 fully saturated rings. The fraction of sp³-hybridized carbons (Fsp3) is 0.903. The summed E-state index contributed by atoms with van der Waals surface area (Å²) in [5.41, 5.74) is 0. The number of ether oxygens (including phenoxy) is 1. The van der Waals surface area contributed by atoms with E-state index in [9.17, 15) is 19.8 Å². The van der Waals surface area contributed by atoms with Gasteiger partial charge in [-0.1, -0.05) is 289 Å². The zero-order chi connectivity index (χ0) is 49.3. The van der Waals surface area contributed by atoms with Crippen LogP contribution in [0.15, 0.2) is 24.3 Å². The number of aliphatic hydroxyl groups excluding tert-OH is 2. The highest BCUT2D eigenvalue weighted by molar-refractivity contribution is 5.76. The van der Waals surface area contributed by atoms with Crippen molar-refractivity contribution in [1.29, 1.82) is 0 Å². The molecule has 0 saturated heterocycles. The third-order valence-electron chi connectivity index (χ3n) is 14.3. The quantitative estimate of drug-likeness (QED) is 0.0321. The number of esters is 1. The fourth-order valence-corrected chi connectivity index (χ4v) is 9.57. The Hall–Kier alpha value is -1.66. The van der Waals surface area contributed by atoms with Crippen molar-refractivity contribution in [3.05, 3.63) is 24.3 Å². The van der Waals surface area contributed by atoms with Crippen LogP contribution in [-0.4, -0.2) is 47.4 Å². The van der Waals surface area contributed by atoms with Crippen molar-refractivity contribution in [2.75, 3.05) is 13.2 Å². The lowest BCUT2D eigenvalue weighted by Gasteiger charge is -2.22. The Kier molecular flexibility index (Phi) is 56.5. The molecule has 0 rings (SSSR count). The normalized spacial score (nSPS) is 12.7. The summed E-state index contributed by atoms with van der Waals surface area (Å²) in [6.07, 6.45) is 70.4. The van der Waals surface area contributed by atoms with Gasteiger partial charge in [-0.15, -0.1) is 0 Å². The fourth-order valence-electron chi connectivity index (χ4n) is 9.57. The van der Waals surface area contributed by atoms with Crippen molar-refractivity contribution < 1.29 is 24.5 Å². The van der Waals surface area contributed by atoms with E-state index in [2.05, 4.69) is 43.5 Å². The van der Waals surface area contributed by atoms with Gasteiger partial charge < -0.3 is 20.3 Å². The molecule has 0 aromatic carbocycles. The van der Waals surface area contributed by atoms with E-state index in [0.29, 0.717) is 25.9 Å². The summed E-state index contributed by atoms with van der Waals surface area (Å²) in [5.74, 6) is -0.0733. The van der Waals surface area contributed by atoms with Crippen LogP contribution < -0.4 is 5.32 Å². The van der Waals surface area contributed by atoms with Crippen LogP contribution in [0.25, 0.3) is 0 Å². The van der Waals surface area contributed by atoms with E-state index in [1.165, 1.54) is 225 Å². The van der Waals surface area contributed by atoms with Gasteiger partial charge in [-0.05, 0) is 57.8 Å². The summed E-state index contributed by atoms with van der Waals surface area (Å²) in [6.45, 7) is 4.92. The van der Waals surface area contributed by atoms with Crippen LogP contribution in [0.3, 0.4) is 0 Å². The highest BCUT2D eigenvalue weighted by Crippen LogP contribution is 2.18. The molecule has 402 valence electrons. The zero-order valence-corrected chi connectivity index (χ0v) is 45.9. The molecule has 2 atom stereocenters. The van der Waals surface area contributed by atoms with Gasteiger partial charge in [-0.3, -0.25) is 9.59 Å². The van der Waals surface area contributed by atoms with E-state index in [1.54, 1.807) is 0 Å². The number of hydrogen-bond donors (Lipinski definition) is 3. The molecule has 6 nitrogen and oxygen atoms in total. The average molecular weight is 959 g/mol. The standard InChI is InChI=1S/C62H119NO5/c1-3-5-7-9-11-13-15-17-18-19-20-21-22-23-24-25-27-31-34-38-42-46-50-54-60(65)59(58-64)63-61(66)55-51-47-43-39-35-32-28-26-29-33-37-41-45-49-53-57-68-62(67)56-52-48-44-40-36-30-16-14-12-10-8-6-4-2/h26,29,33,37,59-60,64-65H,3-25,27-28,30-32,34-36,38-58H2,1-2H3,(H,63,66)/b29-26-,37-33-. The summed E-state index contributed by atoms with van der Waals surface area (Å²) in [6, 6.07) is -0.559. The lowest BCUT2D eigenvalue weighted by Crippen LogP contribution is -2.45. The van der Waals surface area contributed by atoms with Crippen LogP contribution in [0, 0.1) is 0 Å². The van der Waals surface area contributed by atoms with Crippen molar-refractivity contribution in [1.82, 2.24) is 5.32 Å². The van der Waals surface area contributed by atoms with E-state index >= 15 is 0 Å². The maximum atomic E-state index is 12.5. The smallest absolute Gasteiger partial charge is 0.305 e. The van der Waals surface area contributed by atoms with E-state index < -0.39 is 12.1 Å². The molecule has 0 bridgehead atoms. The van der Waals surface area contributed by atoms with Crippen molar-refractivity contribution in [3.63, 3.8) is 0 Å². The van der Waals surface area contributed by atoms with Gasteiger partial charge in [0.05, 0.1) is 25.4 Å². The number of hydrogen-bond acceptors (Lipinski definition) is 5. The predicted octanol–water partition coefficient (Wildman–Crippen LogP) is 19.0. The van der Waals surface area contributed by atoms with Gasteiger partial charge in [-0.25, -0.2) is 0 Å². The molecule has 0 spiro atoms. The van der Waals surface area contributed by atoms with E-state index in [-0.39, 0.29) is 18.5 Å². The molecule has 0 aliphatic rings. The number of carbonyl (C=O) groups excluding carboxylic acids is 2. The molecule has 0 aromatic rings. The number of unbranched alkanes of at least 4 members (excludes halogenated alkanes) is 43. The van der Waals surface area contributed by atoms with Gasteiger partial charge >= 0.3 is 5.97 Å². The zero-order valence-electron chi connectivity index (χ0n) is 45.9. The molecule has 0 aliphatic carbocycles. The molecule has 6 heteroatoms. The molecule has 68 heavy (non-hydrogen) atoms. The lowest BCUT2D eigenvalue weighted by molar-refractivity contribution is -0.143. The summed E-state index contributed by atoms with van der Waals surface area (Å²) in [7, 11) is 0. The van der Waals surface area contributed by atoms with Gasteiger partial charge in [-0.2, -0.15) is 0 Å². The number of nitrogens with one attached hydrogen (secondary N) is 1. The molecule has 0 aromatic heterocycles. The Bertz CT molecular complexity index is 1060. The first-order valence-corrected chi connectivity index (χ1v) is 30.6. The van der Waals surface area contributed by atoms with Crippen molar-refractivity contribution in [2.24, 2.45) is 0 Å². The number of aliphatic hydroxyl groups is 2. The first-order valence-electron chi connectivity index (χ1n) is 30.6. The number of allylic oxidation sites excluding steroid dienone is 4. The molecule has 0 heterocycles. The third kappa shape index (κ3) is 53.7. The van der Waals surface area contributed by atoms with Crippen LogP contribution in [0.5, 0.6) is 0 Å². The summed E-state index contributed by atoms with van der Waals surface area (Å²) < 4.78 is 5.45. The van der Waals surface area contributed by atoms with Gasteiger partial charge in [0.1, 0.15) is 0 Å². The second-order valence-electron chi connectivity index (χ2n) is 21.1. The Morgan fingerprint density at radius 3 is 1.09 bits per heavy atom. The minimum absolute atomic E-state index is 0.0194. The van der Waals surface area contributed by atoms with Crippen LogP contribution in [-0.2, 0) is 14.3 Å². The van der Waals surface area contributed by atoms with Crippen molar-refractivity contribution >= 4 is 11.9 Å². The monoisotopic (exact) mass is 958 g/mol. The largest absolute Gasteiger partial charge is 0.466 e. The Morgan fingerprint density at radius 2 is 0.721 bits per heavy atom. The second-order valence-corrected chi connectivity index (χ2v) is 21.1. The van der Waals surface area contributed by atoms with Crippen LogP contribution >= 0.6 is 0 Å². The highest BCUT2D eigenvalue weighted by Gasteiger charge is 2.20. The average Bonchev–Trinajstić information content (AvgIpc) is 3.34. The molecule has 0 radical (unpaired) electrons. The number of rotatable bonds is 57. The van der Waals surface area contributed by atoms with Crippen LogP contribution in [0.1, 0.15) is 335 Å². The highest BCUT2D eigenvalue weighted by atomic mass is 16.5. The number of carbonyl (C=O) groups is 2. The van der Waals surface area contributed by atoms with E-state index in [1.807, 2.05) is 0 Å². The SMILES string of the molecule is CCCCCCCCCCCCCCCCCCCCCCCCCC(O)C(CO)NC(=O)CCCCCCCC/C=C\C=C/CCCCCOC(=O)CCCCCCCCCCCCCCC. The molecule has 1 amide bonds. The molecule has 0 aliphatic heterocycles. The van der Waals surface area contributed by atoms with Crippen LogP contribution in [0.2, 0.25) is 0 Å². The van der Waals surface area contributed by atoms with E-state index in [0.717, 1.165) is 77.0 Å². The maximum Gasteiger partial charge on any atom is 0.305 e. The molecule has 0 saturated carbocycles. The summed E-state index contributed by atoms with van der Waals surface area (Å²) >= 11 is 0. The summed E-state index contributed by atoms with van der Waals surface area (Å²) in [4.78, 5) is 24.5. The molecular weight excluding hydrogens is 839 g/mol. The maximum absolute atomic E-state index is 12.5. The van der Waals surface area contributed by atoms with Gasteiger partial charge in [0.15, 0.2) is 0 Å². The molecule has 3 N–H and O–H groups in total. The minimum Gasteiger partial charge on any atom is -0.466 e. The van der Waals surface area contributed by atoms with Crippen LogP contribution in [0.4, 0.5) is 0 Å². The van der Waals surface area contributed by atoms with Crippen molar-refractivity contribution in [3.8, 4) is 0 Å².